The average molecular weight is 327 g/mol. The monoisotopic (exact) mass is 327 g/mol. The number of likely N-dealkylation sites (tertiary alicyclic amines) is 1. The van der Waals surface area contributed by atoms with Crippen LogP contribution in [0.3, 0.4) is 0 Å². The van der Waals surface area contributed by atoms with Crippen molar-refractivity contribution < 1.29 is 19.4 Å². The van der Waals surface area contributed by atoms with E-state index in [1.54, 1.807) is 18.2 Å². The first-order valence-corrected chi connectivity index (χ1v) is 8.47. The predicted octanol–water partition coefficient (Wildman–Crippen LogP) is 2.77. The number of benzene rings is 2. The SMILES string of the molecule is O=C(c1cccc2cccc(O)c12)N1CCCC(C2OCCO2)C1. The molecule has 0 bridgehead atoms. The number of amides is 1. The zero-order valence-electron chi connectivity index (χ0n) is 13.5. The lowest BCUT2D eigenvalue weighted by Gasteiger charge is -2.35. The highest BCUT2D eigenvalue weighted by molar-refractivity contribution is 6.09. The van der Waals surface area contributed by atoms with Crippen LogP contribution in [0.5, 0.6) is 5.75 Å². The summed E-state index contributed by atoms with van der Waals surface area (Å²) in [5, 5.41) is 11.7. The van der Waals surface area contributed by atoms with Crippen LogP contribution in [0.15, 0.2) is 36.4 Å². The van der Waals surface area contributed by atoms with Crippen molar-refractivity contribution in [3.8, 4) is 5.75 Å². The molecular weight excluding hydrogens is 306 g/mol. The number of piperidine rings is 1. The van der Waals surface area contributed by atoms with Gasteiger partial charge in [0.25, 0.3) is 5.91 Å². The maximum absolute atomic E-state index is 13.1. The normalized spacial score (nSPS) is 22.2. The fourth-order valence-corrected chi connectivity index (χ4v) is 3.74. The van der Waals surface area contributed by atoms with Gasteiger partial charge in [-0.15, -0.1) is 0 Å². The van der Waals surface area contributed by atoms with Crippen molar-refractivity contribution in [2.24, 2.45) is 5.92 Å². The third-order valence-corrected chi connectivity index (χ3v) is 4.89. The lowest BCUT2D eigenvalue weighted by molar-refractivity contribution is -0.0969. The zero-order chi connectivity index (χ0) is 16.5. The van der Waals surface area contributed by atoms with E-state index in [9.17, 15) is 9.90 Å². The van der Waals surface area contributed by atoms with Gasteiger partial charge in [-0.25, -0.2) is 0 Å². The number of hydrogen-bond donors (Lipinski definition) is 1. The Kier molecular flexibility index (Phi) is 4.12. The molecule has 2 aromatic rings. The second kappa shape index (κ2) is 6.42. The Morgan fingerprint density at radius 3 is 2.67 bits per heavy atom. The average Bonchev–Trinajstić information content (AvgIpc) is 3.16. The Labute approximate surface area is 140 Å². The molecule has 0 aliphatic carbocycles. The van der Waals surface area contributed by atoms with E-state index in [0.29, 0.717) is 30.7 Å². The van der Waals surface area contributed by atoms with Crippen LogP contribution < -0.4 is 0 Å². The van der Waals surface area contributed by atoms with E-state index in [1.807, 2.05) is 23.1 Å². The van der Waals surface area contributed by atoms with Gasteiger partial charge in [-0.3, -0.25) is 4.79 Å². The van der Waals surface area contributed by atoms with E-state index in [2.05, 4.69) is 0 Å². The Morgan fingerprint density at radius 2 is 1.88 bits per heavy atom. The molecule has 2 heterocycles. The fourth-order valence-electron chi connectivity index (χ4n) is 3.74. The molecule has 0 spiro atoms. The quantitative estimate of drug-likeness (QED) is 0.921. The Morgan fingerprint density at radius 1 is 1.12 bits per heavy atom. The third kappa shape index (κ3) is 2.74. The van der Waals surface area contributed by atoms with Gasteiger partial charge in [0.2, 0.25) is 0 Å². The minimum atomic E-state index is -0.193. The van der Waals surface area contributed by atoms with Crippen LogP contribution in [0.1, 0.15) is 23.2 Å². The van der Waals surface area contributed by atoms with E-state index in [1.165, 1.54) is 0 Å². The van der Waals surface area contributed by atoms with E-state index >= 15 is 0 Å². The molecular formula is C19H21NO4. The summed E-state index contributed by atoms with van der Waals surface area (Å²) >= 11 is 0. The topological polar surface area (TPSA) is 59.0 Å². The summed E-state index contributed by atoms with van der Waals surface area (Å²) in [6.45, 7) is 2.62. The number of rotatable bonds is 2. The molecule has 1 amide bonds. The van der Waals surface area contributed by atoms with Gasteiger partial charge in [-0.1, -0.05) is 24.3 Å². The number of hydrogen-bond acceptors (Lipinski definition) is 4. The Balaban J connectivity index is 1.61. The van der Waals surface area contributed by atoms with Crippen LogP contribution in [-0.2, 0) is 9.47 Å². The van der Waals surface area contributed by atoms with Crippen molar-refractivity contribution in [3.05, 3.63) is 42.0 Å². The van der Waals surface area contributed by atoms with Crippen LogP contribution in [0.25, 0.3) is 10.8 Å². The van der Waals surface area contributed by atoms with Crippen LogP contribution in [0, 0.1) is 5.92 Å². The molecule has 2 aliphatic rings. The first-order valence-electron chi connectivity index (χ1n) is 8.47. The van der Waals surface area contributed by atoms with Crippen LogP contribution in [0.4, 0.5) is 0 Å². The zero-order valence-corrected chi connectivity index (χ0v) is 13.5. The highest BCUT2D eigenvalue weighted by atomic mass is 16.7. The van der Waals surface area contributed by atoms with Crippen LogP contribution in [-0.4, -0.2) is 48.5 Å². The number of ether oxygens (including phenoxy) is 2. The second-order valence-corrected chi connectivity index (χ2v) is 6.44. The van der Waals surface area contributed by atoms with E-state index < -0.39 is 0 Å². The van der Waals surface area contributed by atoms with Crippen molar-refractivity contribution >= 4 is 16.7 Å². The van der Waals surface area contributed by atoms with Gasteiger partial charge in [0.15, 0.2) is 6.29 Å². The molecule has 1 N–H and O–H groups in total. The minimum Gasteiger partial charge on any atom is -0.507 e. The summed E-state index contributed by atoms with van der Waals surface area (Å²) in [5.74, 6) is 0.325. The predicted molar refractivity (Wildman–Crippen MR) is 89.9 cm³/mol. The summed E-state index contributed by atoms with van der Waals surface area (Å²) in [6, 6.07) is 10.9. The molecule has 2 fully saturated rings. The minimum absolute atomic E-state index is 0.0372. The number of nitrogens with zero attached hydrogens (tertiary/aromatic N) is 1. The molecule has 4 rings (SSSR count). The molecule has 1 atom stereocenters. The smallest absolute Gasteiger partial charge is 0.254 e. The lowest BCUT2D eigenvalue weighted by Crippen LogP contribution is -2.43. The lowest BCUT2D eigenvalue weighted by atomic mass is 9.95. The molecule has 5 heteroatoms. The van der Waals surface area contributed by atoms with Gasteiger partial charge in [0, 0.05) is 24.4 Å². The molecule has 0 radical (unpaired) electrons. The number of phenols is 1. The maximum atomic E-state index is 13.1. The highest BCUT2D eigenvalue weighted by Crippen LogP contribution is 2.31. The summed E-state index contributed by atoms with van der Waals surface area (Å²) in [6.07, 6.45) is 1.76. The van der Waals surface area contributed by atoms with Crippen molar-refractivity contribution in [2.45, 2.75) is 19.1 Å². The van der Waals surface area contributed by atoms with Crippen LogP contribution >= 0.6 is 0 Å². The molecule has 1 unspecified atom stereocenters. The molecule has 24 heavy (non-hydrogen) atoms. The number of carbonyl (C=O) groups is 1. The third-order valence-electron chi connectivity index (χ3n) is 4.89. The van der Waals surface area contributed by atoms with Crippen LogP contribution in [0.2, 0.25) is 0 Å². The van der Waals surface area contributed by atoms with E-state index in [0.717, 1.165) is 24.8 Å². The van der Waals surface area contributed by atoms with Gasteiger partial charge in [-0.2, -0.15) is 0 Å². The van der Waals surface area contributed by atoms with E-state index in [4.69, 9.17) is 9.47 Å². The largest absolute Gasteiger partial charge is 0.507 e. The molecule has 2 aromatic carbocycles. The molecule has 0 saturated carbocycles. The van der Waals surface area contributed by atoms with Gasteiger partial charge in [0.1, 0.15) is 5.75 Å². The maximum Gasteiger partial charge on any atom is 0.254 e. The van der Waals surface area contributed by atoms with Gasteiger partial charge < -0.3 is 19.5 Å². The van der Waals surface area contributed by atoms with Crippen molar-refractivity contribution in [3.63, 3.8) is 0 Å². The van der Waals surface area contributed by atoms with Gasteiger partial charge in [0.05, 0.1) is 18.8 Å². The number of carbonyl (C=O) groups excluding carboxylic acids is 1. The number of fused-ring (bicyclic) bond motifs is 1. The molecule has 126 valence electrons. The number of aromatic hydroxyl groups is 1. The molecule has 2 aliphatic heterocycles. The number of phenolic OH excluding ortho intramolecular Hbond substituents is 1. The molecule has 0 aromatic heterocycles. The van der Waals surface area contributed by atoms with Crippen molar-refractivity contribution in [1.82, 2.24) is 4.90 Å². The highest BCUT2D eigenvalue weighted by Gasteiger charge is 2.33. The van der Waals surface area contributed by atoms with Gasteiger partial charge >= 0.3 is 0 Å². The Hall–Kier alpha value is -2.11. The van der Waals surface area contributed by atoms with Crippen molar-refractivity contribution in [2.75, 3.05) is 26.3 Å². The first-order chi connectivity index (χ1) is 11.7. The van der Waals surface area contributed by atoms with Gasteiger partial charge in [-0.05, 0) is 30.4 Å². The first kappa shape index (κ1) is 15.4. The molecule has 5 nitrogen and oxygen atoms in total. The second-order valence-electron chi connectivity index (χ2n) is 6.44. The van der Waals surface area contributed by atoms with E-state index in [-0.39, 0.29) is 23.9 Å². The summed E-state index contributed by atoms with van der Waals surface area (Å²) < 4.78 is 11.2. The Bertz CT molecular complexity index is 749. The fraction of sp³-hybridized carbons (Fsp3) is 0.421. The summed E-state index contributed by atoms with van der Waals surface area (Å²) in [4.78, 5) is 14.9. The summed E-state index contributed by atoms with van der Waals surface area (Å²) in [5.41, 5.74) is 0.555. The molecule has 2 saturated heterocycles. The summed E-state index contributed by atoms with van der Waals surface area (Å²) in [7, 11) is 0. The standard InChI is InChI=1S/C19H21NO4/c21-16-8-2-5-13-4-1-7-15(17(13)16)18(22)20-9-3-6-14(12-20)19-23-10-11-24-19/h1-2,4-5,7-8,14,19,21H,3,6,9-12H2. The van der Waals surface area contributed by atoms with Crippen molar-refractivity contribution in [1.29, 1.82) is 0 Å².